The van der Waals surface area contributed by atoms with Crippen LogP contribution < -0.4 is 10.6 Å². The van der Waals surface area contributed by atoms with Crippen molar-refractivity contribution >= 4 is 11.5 Å². The first-order chi connectivity index (χ1) is 8.76. The standard InChI is InChI=1S/C14H20N4/c1-2-12-6-4-3-5-7-18(12)14-13(16)8-11(9-15)10-17-14/h8,10,12H,2-7,16H2,1H3. The van der Waals surface area contributed by atoms with Crippen LogP contribution in [0, 0.1) is 11.3 Å². The van der Waals surface area contributed by atoms with Crippen LogP contribution in [0.5, 0.6) is 0 Å². The van der Waals surface area contributed by atoms with E-state index in [2.05, 4.69) is 22.9 Å². The van der Waals surface area contributed by atoms with Gasteiger partial charge in [0.1, 0.15) is 6.07 Å². The van der Waals surface area contributed by atoms with Crippen molar-refractivity contribution in [1.29, 1.82) is 5.26 Å². The van der Waals surface area contributed by atoms with Gasteiger partial charge in [-0.25, -0.2) is 4.98 Å². The molecule has 4 nitrogen and oxygen atoms in total. The first kappa shape index (κ1) is 12.7. The van der Waals surface area contributed by atoms with Crippen molar-refractivity contribution in [3.63, 3.8) is 0 Å². The van der Waals surface area contributed by atoms with Crippen LogP contribution in [0.15, 0.2) is 12.3 Å². The first-order valence-corrected chi connectivity index (χ1v) is 6.68. The Hall–Kier alpha value is -1.76. The fourth-order valence-electron chi connectivity index (χ4n) is 2.66. The van der Waals surface area contributed by atoms with Crippen LogP contribution in [0.4, 0.5) is 11.5 Å². The van der Waals surface area contributed by atoms with Gasteiger partial charge in [0.25, 0.3) is 0 Å². The summed E-state index contributed by atoms with van der Waals surface area (Å²) < 4.78 is 0. The second kappa shape index (κ2) is 5.72. The van der Waals surface area contributed by atoms with Gasteiger partial charge in [-0.15, -0.1) is 0 Å². The van der Waals surface area contributed by atoms with Crippen molar-refractivity contribution in [3.05, 3.63) is 17.8 Å². The molecule has 96 valence electrons. The van der Waals surface area contributed by atoms with Gasteiger partial charge in [0.2, 0.25) is 0 Å². The quantitative estimate of drug-likeness (QED) is 0.868. The zero-order valence-electron chi connectivity index (χ0n) is 10.9. The number of nitrogens with two attached hydrogens (primary N) is 1. The minimum atomic E-state index is 0.523. The molecule has 1 fully saturated rings. The summed E-state index contributed by atoms with van der Waals surface area (Å²) in [4.78, 5) is 6.71. The number of nitrogens with zero attached hydrogens (tertiary/aromatic N) is 3. The molecule has 0 aromatic carbocycles. The molecule has 2 N–H and O–H groups in total. The van der Waals surface area contributed by atoms with Crippen molar-refractivity contribution in [2.45, 2.75) is 45.1 Å². The Morgan fingerprint density at radius 2 is 2.33 bits per heavy atom. The van der Waals surface area contributed by atoms with Crippen LogP contribution in [0.1, 0.15) is 44.6 Å². The highest BCUT2D eigenvalue weighted by atomic mass is 15.2. The molecule has 1 atom stereocenters. The van der Waals surface area contributed by atoms with Crippen molar-refractivity contribution in [2.24, 2.45) is 0 Å². The Labute approximate surface area is 108 Å². The number of pyridine rings is 1. The average molecular weight is 244 g/mol. The van der Waals surface area contributed by atoms with Crippen molar-refractivity contribution in [1.82, 2.24) is 4.98 Å². The van der Waals surface area contributed by atoms with Crippen LogP contribution in [-0.2, 0) is 0 Å². The number of rotatable bonds is 2. The number of anilines is 2. The third kappa shape index (κ3) is 2.56. The smallest absolute Gasteiger partial charge is 0.152 e. The summed E-state index contributed by atoms with van der Waals surface area (Å²) in [6.07, 6.45) is 7.69. The van der Waals surface area contributed by atoms with E-state index >= 15 is 0 Å². The Balaban J connectivity index is 2.30. The fraction of sp³-hybridized carbons (Fsp3) is 0.571. The first-order valence-electron chi connectivity index (χ1n) is 6.68. The van der Waals surface area contributed by atoms with Gasteiger partial charge >= 0.3 is 0 Å². The van der Waals surface area contributed by atoms with Gasteiger partial charge in [-0.05, 0) is 25.3 Å². The van der Waals surface area contributed by atoms with Crippen molar-refractivity contribution in [3.8, 4) is 6.07 Å². The zero-order valence-corrected chi connectivity index (χ0v) is 10.9. The number of hydrogen-bond acceptors (Lipinski definition) is 4. The summed E-state index contributed by atoms with van der Waals surface area (Å²) in [5, 5.41) is 8.85. The SMILES string of the molecule is CCC1CCCCCN1c1ncc(C#N)cc1N. The average Bonchev–Trinajstić information content (AvgIpc) is 2.63. The van der Waals surface area contributed by atoms with E-state index in [0.717, 1.165) is 18.8 Å². The highest BCUT2D eigenvalue weighted by molar-refractivity contribution is 5.65. The molecule has 1 aliphatic rings. The van der Waals surface area contributed by atoms with Gasteiger partial charge in [0.15, 0.2) is 5.82 Å². The second-order valence-corrected chi connectivity index (χ2v) is 4.85. The van der Waals surface area contributed by atoms with Gasteiger partial charge < -0.3 is 10.6 Å². The Kier molecular flexibility index (Phi) is 4.03. The largest absolute Gasteiger partial charge is 0.396 e. The number of hydrogen-bond donors (Lipinski definition) is 1. The van der Waals surface area contributed by atoms with E-state index in [0.29, 0.717) is 17.3 Å². The summed E-state index contributed by atoms with van der Waals surface area (Å²) in [5.41, 5.74) is 7.19. The molecule has 1 saturated heterocycles. The third-order valence-corrected chi connectivity index (χ3v) is 3.64. The molecule has 0 bridgehead atoms. The molecule has 2 rings (SSSR count). The Bertz CT molecular complexity index is 450. The van der Waals surface area contributed by atoms with E-state index in [1.807, 2.05) is 0 Å². The lowest BCUT2D eigenvalue weighted by Crippen LogP contribution is -2.35. The number of aromatic nitrogens is 1. The molecule has 4 heteroatoms. The van der Waals surface area contributed by atoms with Crippen molar-refractivity contribution < 1.29 is 0 Å². The van der Waals surface area contributed by atoms with E-state index in [-0.39, 0.29) is 0 Å². The molecule has 1 aliphatic heterocycles. The normalized spacial score (nSPS) is 20.2. The predicted octanol–water partition coefficient (Wildman–Crippen LogP) is 2.69. The van der Waals surface area contributed by atoms with E-state index < -0.39 is 0 Å². The molecule has 0 aliphatic carbocycles. The maximum Gasteiger partial charge on any atom is 0.152 e. The molecular weight excluding hydrogens is 224 g/mol. The molecule has 1 aromatic rings. The minimum Gasteiger partial charge on any atom is -0.396 e. The summed E-state index contributed by atoms with van der Waals surface area (Å²) >= 11 is 0. The van der Waals surface area contributed by atoms with E-state index in [1.54, 1.807) is 12.3 Å². The maximum absolute atomic E-state index is 8.85. The monoisotopic (exact) mass is 244 g/mol. The lowest BCUT2D eigenvalue weighted by molar-refractivity contribution is 0.553. The lowest BCUT2D eigenvalue weighted by atomic mass is 10.1. The second-order valence-electron chi connectivity index (χ2n) is 4.85. The summed E-state index contributed by atoms with van der Waals surface area (Å²) in [5.74, 6) is 0.850. The summed E-state index contributed by atoms with van der Waals surface area (Å²) in [7, 11) is 0. The van der Waals surface area contributed by atoms with Crippen LogP contribution in [0.2, 0.25) is 0 Å². The maximum atomic E-state index is 8.85. The van der Waals surface area contributed by atoms with Gasteiger partial charge in [0, 0.05) is 18.8 Å². The van der Waals surface area contributed by atoms with E-state index in [9.17, 15) is 0 Å². The van der Waals surface area contributed by atoms with Gasteiger partial charge in [-0.3, -0.25) is 0 Å². The molecule has 0 saturated carbocycles. The topological polar surface area (TPSA) is 65.9 Å². The van der Waals surface area contributed by atoms with Crippen LogP contribution in [0.3, 0.4) is 0 Å². The molecule has 0 radical (unpaired) electrons. The van der Waals surface area contributed by atoms with Gasteiger partial charge in [-0.2, -0.15) is 5.26 Å². The number of nitriles is 1. The summed E-state index contributed by atoms with van der Waals surface area (Å²) in [6.45, 7) is 3.23. The van der Waals surface area contributed by atoms with Gasteiger partial charge in [-0.1, -0.05) is 19.8 Å². The molecule has 1 unspecified atom stereocenters. The third-order valence-electron chi connectivity index (χ3n) is 3.64. The summed E-state index contributed by atoms with van der Waals surface area (Å²) in [6, 6.07) is 4.32. The Morgan fingerprint density at radius 3 is 3.00 bits per heavy atom. The minimum absolute atomic E-state index is 0.523. The highest BCUT2D eigenvalue weighted by Crippen LogP contribution is 2.28. The molecule has 1 aromatic heterocycles. The molecule has 2 heterocycles. The molecule has 0 amide bonds. The van der Waals surface area contributed by atoms with E-state index in [1.165, 1.54) is 25.7 Å². The van der Waals surface area contributed by atoms with Crippen LogP contribution >= 0.6 is 0 Å². The van der Waals surface area contributed by atoms with Gasteiger partial charge in [0.05, 0.1) is 11.3 Å². The zero-order chi connectivity index (χ0) is 13.0. The van der Waals surface area contributed by atoms with E-state index in [4.69, 9.17) is 11.0 Å². The van der Waals surface area contributed by atoms with Crippen LogP contribution in [0.25, 0.3) is 0 Å². The lowest BCUT2D eigenvalue weighted by Gasteiger charge is -2.31. The molecule has 0 spiro atoms. The van der Waals surface area contributed by atoms with Crippen molar-refractivity contribution in [2.75, 3.05) is 17.2 Å². The van der Waals surface area contributed by atoms with Crippen LogP contribution in [-0.4, -0.2) is 17.6 Å². The number of nitrogen functional groups attached to an aromatic ring is 1. The Morgan fingerprint density at radius 1 is 1.50 bits per heavy atom. The highest BCUT2D eigenvalue weighted by Gasteiger charge is 2.22. The fourth-order valence-corrected chi connectivity index (χ4v) is 2.66. The molecule has 18 heavy (non-hydrogen) atoms. The molecular formula is C14H20N4. The predicted molar refractivity (Wildman–Crippen MR) is 73.3 cm³/mol.